The number of aromatic amines is 1. The monoisotopic (exact) mass is 369 g/mol. The molecule has 0 aromatic carbocycles. The molecule has 1 N–H and O–H groups in total. The highest BCUT2D eigenvalue weighted by molar-refractivity contribution is 7.99. The van der Waals surface area contributed by atoms with Gasteiger partial charge in [-0.15, -0.1) is 5.10 Å². The van der Waals surface area contributed by atoms with Crippen LogP contribution >= 0.6 is 11.8 Å². The average Bonchev–Trinajstić information content (AvgIpc) is 2.99. The molecule has 1 aliphatic heterocycles. The SMILES string of the molecule is CCCc1nc(SCC(=O)N2CCN(C(=O)OC(C)(C)C)CC2)n[nH]1. The van der Waals surface area contributed by atoms with E-state index in [0.29, 0.717) is 37.1 Å². The van der Waals surface area contributed by atoms with Gasteiger partial charge in [0.2, 0.25) is 11.1 Å². The van der Waals surface area contributed by atoms with E-state index in [0.717, 1.165) is 18.7 Å². The zero-order valence-electron chi connectivity index (χ0n) is 15.4. The number of aryl methyl sites for hydroxylation is 1. The molecule has 1 aromatic rings. The van der Waals surface area contributed by atoms with Crippen molar-refractivity contribution in [2.75, 3.05) is 31.9 Å². The van der Waals surface area contributed by atoms with Crippen molar-refractivity contribution in [3.05, 3.63) is 5.82 Å². The minimum absolute atomic E-state index is 0.0377. The summed E-state index contributed by atoms with van der Waals surface area (Å²) in [5.41, 5.74) is -0.506. The van der Waals surface area contributed by atoms with E-state index in [2.05, 4.69) is 22.1 Å². The second-order valence-corrected chi connectivity index (χ2v) is 7.89. The lowest BCUT2D eigenvalue weighted by atomic mass is 10.2. The molecule has 1 aliphatic rings. The summed E-state index contributed by atoms with van der Waals surface area (Å²) >= 11 is 1.33. The van der Waals surface area contributed by atoms with Crippen molar-refractivity contribution in [2.24, 2.45) is 0 Å². The summed E-state index contributed by atoms with van der Waals surface area (Å²) in [6.45, 7) is 9.64. The van der Waals surface area contributed by atoms with Crippen molar-refractivity contribution in [3.63, 3.8) is 0 Å². The molecule has 0 aliphatic carbocycles. The maximum absolute atomic E-state index is 12.3. The molecule has 140 valence electrons. The molecule has 2 amide bonds. The fourth-order valence-corrected chi connectivity index (χ4v) is 3.09. The Hall–Kier alpha value is -1.77. The number of hydrogen-bond acceptors (Lipinski definition) is 6. The normalized spacial score (nSPS) is 15.4. The van der Waals surface area contributed by atoms with Crippen LogP contribution in [0.5, 0.6) is 0 Å². The Kier molecular flexibility index (Phi) is 6.69. The second-order valence-electron chi connectivity index (χ2n) is 6.95. The summed E-state index contributed by atoms with van der Waals surface area (Å²) in [4.78, 5) is 32.1. The Morgan fingerprint density at radius 3 is 2.44 bits per heavy atom. The van der Waals surface area contributed by atoms with Crippen LogP contribution < -0.4 is 0 Å². The lowest BCUT2D eigenvalue weighted by molar-refractivity contribution is -0.130. The van der Waals surface area contributed by atoms with Crippen LogP contribution in [0.3, 0.4) is 0 Å². The minimum Gasteiger partial charge on any atom is -0.444 e. The number of hydrogen-bond donors (Lipinski definition) is 1. The molecule has 2 rings (SSSR count). The first-order chi connectivity index (χ1) is 11.8. The summed E-state index contributed by atoms with van der Waals surface area (Å²) < 4.78 is 5.36. The molecule has 0 bridgehead atoms. The van der Waals surface area contributed by atoms with E-state index < -0.39 is 5.60 Å². The van der Waals surface area contributed by atoms with Gasteiger partial charge in [-0.2, -0.15) is 0 Å². The fraction of sp³-hybridized carbons (Fsp3) is 0.750. The number of nitrogens with zero attached hydrogens (tertiary/aromatic N) is 4. The van der Waals surface area contributed by atoms with Crippen molar-refractivity contribution < 1.29 is 14.3 Å². The van der Waals surface area contributed by atoms with Gasteiger partial charge in [0.15, 0.2) is 0 Å². The summed E-state index contributed by atoms with van der Waals surface area (Å²) in [7, 11) is 0. The van der Waals surface area contributed by atoms with E-state index in [1.165, 1.54) is 11.8 Å². The van der Waals surface area contributed by atoms with Gasteiger partial charge < -0.3 is 14.5 Å². The molecule has 1 aromatic heterocycles. The van der Waals surface area contributed by atoms with Gasteiger partial charge >= 0.3 is 6.09 Å². The zero-order chi connectivity index (χ0) is 18.4. The number of thioether (sulfide) groups is 1. The number of ether oxygens (including phenoxy) is 1. The van der Waals surface area contributed by atoms with Crippen molar-refractivity contribution in [1.82, 2.24) is 25.0 Å². The van der Waals surface area contributed by atoms with E-state index in [1.54, 1.807) is 9.80 Å². The Labute approximate surface area is 152 Å². The fourth-order valence-electron chi connectivity index (χ4n) is 2.37. The predicted octanol–water partition coefficient (Wildman–Crippen LogP) is 1.93. The molecule has 25 heavy (non-hydrogen) atoms. The Bertz CT molecular complexity index is 591. The first-order valence-electron chi connectivity index (χ1n) is 8.58. The highest BCUT2D eigenvalue weighted by atomic mass is 32.2. The molecule has 0 unspecified atom stereocenters. The third-order valence-electron chi connectivity index (χ3n) is 3.61. The number of rotatable bonds is 5. The van der Waals surface area contributed by atoms with E-state index in [9.17, 15) is 9.59 Å². The van der Waals surface area contributed by atoms with Crippen molar-refractivity contribution in [1.29, 1.82) is 0 Å². The lowest BCUT2D eigenvalue weighted by Gasteiger charge is -2.35. The molecule has 1 saturated heterocycles. The van der Waals surface area contributed by atoms with Crippen LogP contribution in [-0.4, -0.2) is 74.5 Å². The molecular weight excluding hydrogens is 342 g/mol. The van der Waals surface area contributed by atoms with Crippen LogP contribution in [0.2, 0.25) is 0 Å². The molecule has 1 fully saturated rings. The van der Waals surface area contributed by atoms with Crippen LogP contribution in [0.25, 0.3) is 0 Å². The van der Waals surface area contributed by atoms with Crippen LogP contribution in [-0.2, 0) is 16.0 Å². The van der Waals surface area contributed by atoms with Gasteiger partial charge in [0.1, 0.15) is 11.4 Å². The summed E-state index contributed by atoms with van der Waals surface area (Å²) in [6.07, 6.45) is 1.53. The van der Waals surface area contributed by atoms with Crippen molar-refractivity contribution in [3.8, 4) is 0 Å². The Morgan fingerprint density at radius 1 is 1.20 bits per heavy atom. The van der Waals surface area contributed by atoms with E-state index in [4.69, 9.17) is 4.74 Å². The molecule has 0 radical (unpaired) electrons. The van der Waals surface area contributed by atoms with E-state index in [-0.39, 0.29) is 12.0 Å². The number of amides is 2. The summed E-state index contributed by atoms with van der Waals surface area (Å²) in [6, 6.07) is 0. The van der Waals surface area contributed by atoms with E-state index in [1.807, 2.05) is 20.8 Å². The number of H-pyrrole nitrogens is 1. The topological polar surface area (TPSA) is 91.4 Å². The maximum Gasteiger partial charge on any atom is 0.410 e. The summed E-state index contributed by atoms with van der Waals surface area (Å²) in [5, 5.41) is 7.59. The van der Waals surface area contributed by atoms with Crippen LogP contribution in [0, 0.1) is 0 Å². The number of carbonyl (C=O) groups excluding carboxylic acids is 2. The Morgan fingerprint density at radius 2 is 1.84 bits per heavy atom. The van der Waals surface area contributed by atoms with Crippen LogP contribution in [0.1, 0.15) is 39.9 Å². The van der Waals surface area contributed by atoms with Crippen LogP contribution in [0.15, 0.2) is 5.16 Å². The first kappa shape index (κ1) is 19.6. The largest absolute Gasteiger partial charge is 0.444 e. The molecule has 8 nitrogen and oxygen atoms in total. The second kappa shape index (κ2) is 8.55. The average molecular weight is 369 g/mol. The van der Waals surface area contributed by atoms with Gasteiger partial charge in [0, 0.05) is 32.6 Å². The van der Waals surface area contributed by atoms with Gasteiger partial charge in [-0.25, -0.2) is 9.78 Å². The van der Waals surface area contributed by atoms with Crippen molar-refractivity contribution in [2.45, 2.75) is 51.3 Å². The smallest absolute Gasteiger partial charge is 0.410 e. The predicted molar refractivity (Wildman–Crippen MR) is 95.5 cm³/mol. The lowest BCUT2D eigenvalue weighted by Crippen LogP contribution is -2.52. The zero-order valence-corrected chi connectivity index (χ0v) is 16.2. The third-order valence-corrected chi connectivity index (χ3v) is 4.44. The molecule has 0 saturated carbocycles. The first-order valence-corrected chi connectivity index (χ1v) is 9.57. The number of carbonyl (C=O) groups is 2. The van der Waals surface area contributed by atoms with Gasteiger partial charge in [-0.3, -0.25) is 9.89 Å². The van der Waals surface area contributed by atoms with Gasteiger partial charge in [-0.05, 0) is 27.2 Å². The summed E-state index contributed by atoms with van der Waals surface area (Å²) in [5.74, 6) is 1.19. The quantitative estimate of drug-likeness (QED) is 0.798. The molecule has 2 heterocycles. The number of piperazine rings is 1. The highest BCUT2D eigenvalue weighted by Gasteiger charge is 2.27. The maximum atomic E-state index is 12.3. The molecule has 0 spiro atoms. The van der Waals surface area contributed by atoms with Gasteiger partial charge in [-0.1, -0.05) is 18.7 Å². The van der Waals surface area contributed by atoms with Crippen molar-refractivity contribution >= 4 is 23.8 Å². The Balaban J connectivity index is 1.74. The third kappa shape index (κ3) is 6.22. The minimum atomic E-state index is -0.506. The molecule has 9 heteroatoms. The highest BCUT2D eigenvalue weighted by Crippen LogP contribution is 2.16. The van der Waals surface area contributed by atoms with Gasteiger partial charge in [0.25, 0.3) is 0 Å². The van der Waals surface area contributed by atoms with E-state index >= 15 is 0 Å². The van der Waals surface area contributed by atoms with Crippen LogP contribution in [0.4, 0.5) is 4.79 Å². The molecular formula is C16H27N5O3S. The number of nitrogens with one attached hydrogen (secondary N) is 1. The standard InChI is InChI=1S/C16H27N5O3S/c1-5-6-12-17-14(19-18-12)25-11-13(22)20-7-9-21(10-8-20)15(23)24-16(2,3)4/h5-11H2,1-4H3,(H,17,18,19). The van der Waals surface area contributed by atoms with Gasteiger partial charge in [0.05, 0.1) is 5.75 Å². The molecule has 0 atom stereocenters. The number of aromatic nitrogens is 3.